The normalized spacial score (nSPS) is 10.5. The van der Waals surface area contributed by atoms with Crippen LogP contribution in [0.25, 0.3) is 0 Å². The van der Waals surface area contributed by atoms with E-state index in [0.717, 1.165) is 11.3 Å². The van der Waals surface area contributed by atoms with Crippen molar-refractivity contribution in [3.05, 3.63) is 90.0 Å². The summed E-state index contributed by atoms with van der Waals surface area (Å²) in [5.74, 6) is 1.98. The third kappa shape index (κ3) is 5.36. The standard InChI is InChI=1S/C24H24O4/c1-18(2)22-10-6-7-11-23(22)28-24(25)19-12-14-21(15-13-19)27-17-16-26-20-8-4-3-5-9-20/h3-15,18H,16-17H2,1-2H3. The Hall–Kier alpha value is -3.27. The number of hydrogen-bond acceptors (Lipinski definition) is 4. The fourth-order valence-electron chi connectivity index (χ4n) is 2.73. The topological polar surface area (TPSA) is 44.8 Å². The Morgan fingerprint density at radius 1 is 0.750 bits per heavy atom. The van der Waals surface area contributed by atoms with Crippen LogP contribution in [0, 0.1) is 0 Å². The maximum absolute atomic E-state index is 12.4. The highest BCUT2D eigenvalue weighted by molar-refractivity contribution is 5.91. The zero-order valence-corrected chi connectivity index (χ0v) is 16.1. The Labute approximate surface area is 165 Å². The Balaban J connectivity index is 1.52. The smallest absolute Gasteiger partial charge is 0.343 e. The molecular weight excluding hydrogens is 352 g/mol. The highest BCUT2D eigenvalue weighted by atomic mass is 16.5. The molecule has 0 fully saturated rings. The van der Waals surface area contributed by atoms with Crippen LogP contribution < -0.4 is 14.2 Å². The molecule has 0 saturated carbocycles. The number of para-hydroxylation sites is 2. The lowest BCUT2D eigenvalue weighted by atomic mass is 10.0. The summed E-state index contributed by atoms with van der Waals surface area (Å²) in [6.07, 6.45) is 0. The molecule has 28 heavy (non-hydrogen) atoms. The van der Waals surface area contributed by atoms with E-state index in [2.05, 4.69) is 13.8 Å². The minimum absolute atomic E-state index is 0.276. The molecule has 144 valence electrons. The number of hydrogen-bond donors (Lipinski definition) is 0. The molecule has 4 heteroatoms. The molecule has 4 nitrogen and oxygen atoms in total. The van der Waals surface area contributed by atoms with Gasteiger partial charge < -0.3 is 14.2 Å². The summed E-state index contributed by atoms with van der Waals surface area (Å²) in [5.41, 5.74) is 1.49. The molecule has 0 aliphatic rings. The SMILES string of the molecule is CC(C)c1ccccc1OC(=O)c1ccc(OCCOc2ccccc2)cc1. The maximum Gasteiger partial charge on any atom is 0.343 e. The molecule has 3 aromatic carbocycles. The van der Waals surface area contributed by atoms with E-state index in [0.29, 0.717) is 30.3 Å². The number of ether oxygens (including phenoxy) is 3. The van der Waals surface area contributed by atoms with Crippen LogP contribution in [-0.4, -0.2) is 19.2 Å². The van der Waals surface area contributed by atoms with Gasteiger partial charge in [0.1, 0.15) is 30.5 Å². The Morgan fingerprint density at radius 2 is 1.32 bits per heavy atom. The van der Waals surface area contributed by atoms with Crippen molar-refractivity contribution in [2.45, 2.75) is 19.8 Å². The molecule has 0 aliphatic carbocycles. The molecule has 0 amide bonds. The second kappa shape index (κ2) is 9.60. The van der Waals surface area contributed by atoms with Gasteiger partial charge in [-0.2, -0.15) is 0 Å². The van der Waals surface area contributed by atoms with E-state index in [1.54, 1.807) is 24.3 Å². The van der Waals surface area contributed by atoms with Gasteiger partial charge in [-0.3, -0.25) is 0 Å². The molecule has 0 heterocycles. The van der Waals surface area contributed by atoms with Gasteiger partial charge in [0.25, 0.3) is 0 Å². The highest BCUT2D eigenvalue weighted by Gasteiger charge is 2.13. The van der Waals surface area contributed by atoms with Crippen LogP contribution in [0.5, 0.6) is 17.2 Å². The molecule has 3 aromatic rings. The summed E-state index contributed by atoms with van der Waals surface area (Å²) in [4.78, 5) is 12.4. The van der Waals surface area contributed by atoms with Crippen LogP contribution in [0.1, 0.15) is 35.7 Å². The first kappa shape index (κ1) is 19.5. The number of rotatable bonds is 8. The number of esters is 1. The van der Waals surface area contributed by atoms with Gasteiger partial charge in [0, 0.05) is 0 Å². The van der Waals surface area contributed by atoms with Crippen LogP contribution in [0.4, 0.5) is 0 Å². The van der Waals surface area contributed by atoms with E-state index in [1.165, 1.54) is 0 Å². The van der Waals surface area contributed by atoms with Crippen molar-refractivity contribution in [2.75, 3.05) is 13.2 Å². The van der Waals surface area contributed by atoms with E-state index in [4.69, 9.17) is 14.2 Å². The van der Waals surface area contributed by atoms with Crippen LogP contribution >= 0.6 is 0 Å². The molecule has 0 atom stereocenters. The Morgan fingerprint density at radius 3 is 1.96 bits per heavy atom. The van der Waals surface area contributed by atoms with Crippen molar-refractivity contribution in [3.63, 3.8) is 0 Å². The van der Waals surface area contributed by atoms with Gasteiger partial charge in [-0.25, -0.2) is 4.79 Å². The van der Waals surface area contributed by atoms with Crippen LogP contribution in [0.2, 0.25) is 0 Å². The van der Waals surface area contributed by atoms with Crippen LogP contribution in [-0.2, 0) is 0 Å². The fraction of sp³-hybridized carbons (Fsp3) is 0.208. The molecule has 0 spiro atoms. The van der Waals surface area contributed by atoms with Crippen molar-refractivity contribution < 1.29 is 19.0 Å². The van der Waals surface area contributed by atoms with Gasteiger partial charge in [-0.05, 0) is 53.9 Å². The first-order valence-corrected chi connectivity index (χ1v) is 9.35. The molecule has 0 saturated heterocycles. The third-order valence-electron chi connectivity index (χ3n) is 4.20. The van der Waals surface area contributed by atoms with E-state index in [9.17, 15) is 4.79 Å². The number of carbonyl (C=O) groups is 1. The van der Waals surface area contributed by atoms with Crippen LogP contribution in [0.15, 0.2) is 78.9 Å². The number of carbonyl (C=O) groups excluding carboxylic acids is 1. The quantitative estimate of drug-likeness (QED) is 0.296. The van der Waals surface area contributed by atoms with Crippen LogP contribution in [0.3, 0.4) is 0 Å². The van der Waals surface area contributed by atoms with Crippen molar-refractivity contribution in [2.24, 2.45) is 0 Å². The summed E-state index contributed by atoms with van der Waals surface area (Å²) in [7, 11) is 0. The average Bonchev–Trinajstić information content (AvgIpc) is 2.72. The van der Waals surface area contributed by atoms with Gasteiger partial charge in [0.05, 0.1) is 5.56 Å². The molecule has 0 aliphatic heterocycles. The van der Waals surface area contributed by atoms with Gasteiger partial charge in [0.15, 0.2) is 0 Å². The van der Waals surface area contributed by atoms with E-state index in [-0.39, 0.29) is 11.9 Å². The largest absolute Gasteiger partial charge is 0.490 e. The molecular formula is C24H24O4. The van der Waals surface area contributed by atoms with E-state index in [1.807, 2.05) is 54.6 Å². The van der Waals surface area contributed by atoms with E-state index >= 15 is 0 Å². The summed E-state index contributed by atoms with van der Waals surface area (Å²) < 4.78 is 16.8. The molecule has 0 radical (unpaired) electrons. The average molecular weight is 376 g/mol. The van der Waals surface area contributed by atoms with Crippen molar-refractivity contribution in [1.29, 1.82) is 0 Å². The van der Waals surface area contributed by atoms with Gasteiger partial charge >= 0.3 is 5.97 Å². The third-order valence-corrected chi connectivity index (χ3v) is 4.20. The predicted molar refractivity (Wildman–Crippen MR) is 109 cm³/mol. The predicted octanol–water partition coefficient (Wildman–Crippen LogP) is 5.49. The van der Waals surface area contributed by atoms with E-state index < -0.39 is 0 Å². The second-order valence-corrected chi connectivity index (χ2v) is 6.62. The fourth-order valence-corrected chi connectivity index (χ4v) is 2.73. The molecule has 0 aromatic heterocycles. The second-order valence-electron chi connectivity index (χ2n) is 6.62. The van der Waals surface area contributed by atoms with Crippen molar-refractivity contribution >= 4 is 5.97 Å². The van der Waals surface area contributed by atoms with Gasteiger partial charge in [-0.15, -0.1) is 0 Å². The minimum Gasteiger partial charge on any atom is -0.490 e. The Kier molecular flexibility index (Phi) is 6.68. The summed E-state index contributed by atoms with van der Waals surface area (Å²) in [5, 5.41) is 0. The summed E-state index contributed by atoms with van der Waals surface area (Å²) in [6, 6.07) is 24.1. The van der Waals surface area contributed by atoms with Gasteiger partial charge in [0.2, 0.25) is 0 Å². The first-order chi connectivity index (χ1) is 13.6. The molecule has 0 N–H and O–H groups in total. The van der Waals surface area contributed by atoms with Gasteiger partial charge in [-0.1, -0.05) is 50.2 Å². The molecule has 3 rings (SSSR count). The highest BCUT2D eigenvalue weighted by Crippen LogP contribution is 2.26. The lowest BCUT2D eigenvalue weighted by Gasteiger charge is -2.12. The lowest BCUT2D eigenvalue weighted by molar-refractivity contribution is 0.0732. The molecule has 0 unspecified atom stereocenters. The Bertz CT molecular complexity index is 886. The zero-order valence-electron chi connectivity index (χ0n) is 16.1. The van der Waals surface area contributed by atoms with Crippen molar-refractivity contribution in [1.82, 2.24) is 0 Å². The van der Waals surface area contributed by atoms with Crippen molar-refractivity contribution in [3.8, 4) is 17.2 Å². The maximum atomic E-state index is 12.4. The monoisotopic (exact) mass is 376 g/mol. The summed E-state index contributed by atoms with van der Waals surface area (Å²) >= 11 is 0. The first-order valence-electron chi connectivity index (χ1n) is 9.35. The zero-order chi connectivity index (χ0) is 19.8. The summed E-state index contributed by atoms with van der Waals surface area (Å²) in [6.45, 7) is 5.00. The lowest BCUT2D eigenvalue weighted by Crippen LogP contribution is -2.11. The minimum atomic E-state index is -0.382. The number of benzene rings is 3. The molecule has 0 bridgehead atoms.